The number of nitrogens with one attached hydrogen (secondary N) is 1. The predicted octanol–water partition coefficient (Wildman–Crippen LogP) is 4.31. The first-order valence-corrected chi connectivity index (χ1v) is 8.49. The van der Waals surface area contributed by atoms with E-state index in [0.29, 0.717) is 26.0 Å². The highest BCUT2D eigenvalue weighted by molar-refractivity contribution is 5.67. The molecule has 0 bridgehead atoms. The second kappa shape index (κ2) is 11.3. The van der Waals surface area contributed by atoms with Crippen LogP contribution in [0.2, 0.25) is 0 Å². The largest absolute Gasteiger partial charge is 0.493 e. The summed E-state index contributed by atoms with van der Waals surface area (Å²) >= 11 is 0. The Morgan fingerprint density at radius 2 is 1.88 bits per heavy atom. The molecule has 0 aromatic heterocycles. The maximum absolute atomic E-state index is 11.6. The smallest absolute Gasteiger partial charge is 0.407 e. The summed E-state index contributed by atoms with van der Waals surface area (Å²) in [5.41, 5.74) is 2.01. The molecule has 1 N–H and O–H groups in total. The topological polar surface area (TPSA) is 71.3 Å². The number of nitriles is 1. The van der Waals surface area contributed by atoms with Gasteiger partial charge in [0.15, 0.2) is 0 Å². The molecule has 0 aliphatic rings. The van der Waals surface area contributed by atoms with Crippen LogP contribution in [0.15, 0.2) is 60.7 Å². The molecule has 0 aliphatic carbocycles. The zero-order valence-electron chi connectivity index (χ0n) is 14.6. The molecule has 0 radical (unpaired) electrons. The summed E-state index contributed by atoms with van der Waals surface area (Å²) in [6.07, 6.45) is 4.64. The molecule has 134 valence electrons. The standard InChI is InChI=1S/C21H22N2O3/c22-14-6-16-25-20-12-10-18(11-13-20)7-4-5-15-23-21(24)26-17-19-8-2-1-3-9-19/h1-4,7-13H,5-6,15-17H2,(H,23,24). The molecule has 0 saturated heterocycles. The van der Waals surface area contributed by atoms with Crippen LogP contribution in [0.3, 0.4) is 0 Å². The predicted molar refractivity (Wildman–Crippen MR) is 100 cm³/mol. The highest BCUT2D eigenvalue weighted by Crippen LogP contribution is 2.13. The Hall–Kier alpha value is -3.26. The molecular formula is C21H22N2O3. The lowest BCUT2D eigenvalue weighted by Crippen LogP contribution is -2.24. The number of hydrogen-bond acceptors (Lipinski definition) is 4. The number of amides is 1. The average molecular weight is 350 g/mol. The first kappa shape index (κ1) is 19.1. The van der Waals surface area contributed by atoms with Gasteiger partial charge in [0.25, 0.3) is 0 Å². The minimum atomic E-state index is -0.416. The highest BCUT2D eigenvalue weighted by atomic mass is 16.5. The second-order valence-electron chi connectivity index (χ2n) is 5.51. The van der Waals surface area contributed by atoms with Crippen LogP contribution in [0.25, 0.3) is 6.08 Å². The van der Waals surface area contributed by atoms with Gasteiger partial charge in [-0.3, -0.25) is 0 Å². The summed E-state index contributed by atoms with van der Waals surface area (Å²) in [6.45, 7) is 1.18. The molecule has 0 fully saturated rings. The van der Waals surface area contributed by atoms with Crippen molar-refractivity contribution in [3.8, 4) is 11.8 Å². The molecular weight excluding hydrogens is 328 g/mol. The summed E-state index contributed by atoms with van der Waals surface area (Å²) in [7, 11) is 0. The molecule has 0 heterocycles. The monoisotopic (exact) mass is 350 g/mol. The first-order valence-electron chi connectivity index (χ1n) is 8.49. The van der Waals surface area contributed by atoms with Crippen molar-refractivity contribution >= 4 is 12.2 Å². The van der Waals surface area contributed by atoms with E-state index >= 15 is 0 Å². The normalized spacial score (nSPS) is 10.3. The van der Waals surface area contributed by atoms with Gasteiger partial charge >= 0.3 is 6.09 Å². The van der Waals surface area contributed by atoms with Crippen molar-refractivity contribution in [2.45, 2.75) is 19.4 Å². The average Bonchev–Trinajstić information content (AvgIpc) is 2.68. The molecule has 2 aromatic rings. The zero-order valence-corrected chi connectivity index (χ0v) is 14.6. The molecule has 2 rings (SSSR count). The SMILES string of the molecule is N#CCCOc1ccc(C=CCCNC(=O)OCc2ccccc2)cc1. The van der Waals surface area contributed by atoms with Crippen LogP contribution in [0.5, 0.6) is 5.75 Å². The van der Waals surface area contributed by atoms with E-state index in [1.54, 1.807) is 0 Å². The molecule has 0 atom stereocenters. The Morgan fingerprint density at radius 1 is 1.12 bits per heavy atom. The fourth-order valence-electron chi connectivity index (χ4n) is 2.14. The number of ether oxygens (including phenoxy) is 2. The van der Waals surface area contributed by atoms with Crippen molar-refractivity contribution in [1.82, 2.24) is 5.32 Å². The molecule has 1 amide bonds. The van der Waals surface area contributed by atoms with Crippen LogP contribution in [-0.2, 0) is 11.3 Å². The van der Waals surface area contributed by atoms with Crippen molar-refractivity contribution in [2.75, 3.05) is 13.2 Å². The Labute approximate surface area is 153 Å². The second-order valence-corrected chi connectivity index (χ2v) is 5.51. The summed E-state index contributed by atoms with van der Waals surface area (Å²) in [5, 5.41) is 11.2. The van der Waals surface area contributed by atoms with Crippen LogP contribution >= 0.6 is 0 Å². The molecule has 0 spiro atoms. The third-order valence-corrected chi connectivity index (χ3v) is 3.47. The van der Waals surface area contributed by atoms with Gasteiger partial charge in [-0.25, -0.2) is 4.79 Å². The summed E-state index contributed by atoms with van der Waals surface area (Å²) in [6, 6.07) is 19.2. The molecule has 5 heteroatoms. The first-order chi connectivity index (χ1) is 12.8. The molecule has 0 unspecified atom stereocenters. The van der Waals surface area contributed by atoms with E-state index in [0.717, 1.165) is 16.9 Å². The van der Waals surface area contributed by atoms with Gasteiger partial charge in [-0.05, 0) is 29.7 Å². The van der Waals surface area contributed by atoms with E-state index in [1.807, 2.05) is 72.8 Å². The fraction of sp³-hybridized carbons (Fsp3) is 0.238. The Balaban J connectivity index is 1.61. The van der Waals surface area contributed by atoms with E-state index < -0.39 is 6.09 Å². The van der Waals surface area contributed by atoms with Gasteiger partial charge in [-0.15, -0.1) is 0 Å². The Bertz CT molecular complexity index is 734. The van der Waals surface area contributed by atoms with Crippen molar-refractivity contribution < 1.29 is 14.3 Å². The number of alkyl carbamates (subject to hydrolysis) is 1. The number of benzene rings is 2. The van der Waals surface area contributed by atoms with Crippen LogP contribution < -0.4 is 10.1 Å². The van der Waals surface area contributed by atoms with E-state index in [2.05, 4.69) is 5.32 Å². The molecule has 5 nitrogen and oxygen atoms in total. The van der Waals surface area contributed by atoms with Crippen molar-refractivity contribution in [1.29, 1.82) is 5.26 Å². The molecule has 26 heavy (non-hydrogen) atoms. The van der Waals surface area contributed by atoms with Gasteiger partial charge in [-0.2, -0.15) is 5.26 Å². The fourth-order valence-corrected chi connectivity index (χ4v) is 2.14. The number of carbonyl (C=O) groups is 1. The summed E-state index contributed by atoms with van der Waals surface area (Å²) < 4.78 is 10.6. The van der Waals surface area contributed by atoms with Crippen molar-refractivity contribution in [3.63, 3.8) is 0 Å². The van der Waals surface area contributed by atoms with Crippen LogP contribution in [0.1, 0.15) is 24.0 Å². The quantitative estimate of drug-likeness (QED) is 0.684. The maximum Gasteiger partial charge on any atom is 0.407 e. The van der Waals surface area contributed by atoms with Gasteiger partial charge in [0.05, 0.1) is 12.5 Å². The third-order valence-electron chi connectivity index (χ3n) is 3.47. The zero-order chi connectivity index (χ0) is 18.5. The number of hydrogen-bond donors (Lipinski definition) is 1. The number of nitrogens with zero attached hydrogens (tertiary/aromatic N) is 1. The molecule has 0 aliphatic heterocycles. The van der Waals surface area contributed by atoms with Gasteiger partial charge in [0.2, 0.25) is 0 Å². The number of rotatable bonds is 9. The highest BCUT2D eigenvalue weighted by Gasteiger charge is 2.00. The lowest BCUT2D eigenvalue weighted by molar-refractivity contribution is 0.140. The number of carbonyl (C=O) groups excluding carboxylic acids is 1. The lowest BCUT2D eigenvalue weighted by Gasteiger charge is -2.06. The van der Waals surface area contributed by atoms with Crippen LogP contribution in [0.4, 0.5) is 4.79 Å². The van der Waals surface area contributed by atoms with E-state index in [1.165, 1.54) is 0 Å². The third kappa shape index (κ3) is 7.54. The van der Waals surface area contributed by atoms with Gasteiger partial charge in [0.1, 0.15) is 19.0 Å². The van der Waals surface area contributed by atoms with Crippen LogP contribution in [-0.4, -0.2) is 19.2 Å². The molecule has 0 saturated carbocycles. The minimum absolute atomic E-state index is 0.269. The Kier molecular flexibility index (Phi) is 8.30. The van der Waals surface area contributed by atoms with Gasteiger partial charge < -0.3 is 14.8 Å². The van der Waals surface area contributed by atoms with E-state index in [-0.39, 0.29) is 6.61 Å². The van der Waals surface area contributed by atoms with E-state index in [4.69, 9.17) is 14.7 Å². The van der Waals surface area contributed by atoms with Crippen LogP contribution in [0, 0.1) is 11.3 Å². The van der Waals surface area contributed by atoms with Crippen molar-refractivity contribution in [3.05, 3.63) is 71.8 Å². The minimum Gasteiger partial charge on any atom is -0.493 e. The van der Waals surface area contributed by atoms with E-state index in [9.17, 15) is 4.79 Å². The Morgan fingerprint density at radius 3 is 2.62 bits per heavy atom. The maximum atomic E-state index is 11.6. The van der Waals surface area contributed by atoms with Crippen molar-refractivity contribution in [2.24, 2.45) is 0 Å². The lowest BCUT2D eigenvalue weighted by atomic mass is 10.2. The van der Waals surface area contributed by atoms with Gasteiger partial charge in [0, 0.05) is 6.54 Å². The molecule has 2 aromatic carbocycles. The summed E-state index contributed by atoms with van der Waals surface area (Å²) in [4.78, 5) is 11.6. The summed E-state index contributed by atoms with van der Waals surface area (Å²) in [5.74, 6) is 0.750. The van der Waals surface area contributed by atoms with Gasteiger partial charge in [-0.1, -0.05) is 54.6 Å².